The molecule has 0 bridgehead atoms. The summed E-state index contributed by atoms with van der Waals surface area (Å²) in [6.07, 6.45) is 0.790. The Morgan fingerprint density at radius 2 is 1.79 bits per heavy atom. The Hall–Kier alpha value is -2.00. The average molecular weight is 277 g/mol. The minimum Gasteiger partial charge on any atom is -0.497 e. The number of benzene rings is 2. The molecule has 2 aromatic rings. The van der Waals surface area contributed by atoms with E-state index in [0.29, 0.717) is 22.1 Å². The average Bonchev–Trinajstić information content (AvgIpc) is 2.46. The zero-order chi connectivity index (χ0) is 13.8. The predicted molar refractivity (Wildman–Crippen MR) is 75.4 cm³/mol. The van der Waals surface area contributed by atoms with E-state index in [4.69, 9.17) is 21.1 Å². The van der Waals surface area contributed by atoms with Gasteiger partial charge >= 0.3 is 0 Å². The van der Waals surface area contributed by atoms with E-state index in [2.05, 4.69) is 0 Å². The van der Waals surface area contributed by atoms with E-state index in [9.17, 15) is 4.79 Å². The number of hydrogen-bond donors (Lipinski definition) is 0. The van der Waals surface area contributed by atoms with Gasteiger partial charge in [0.15, 0.2) is 6.29 Å². The molecule has 0 atom stereocenters. The first kappa shape index (κ1) is 13.4. The van der Waals surface area contributed by atoms with E-state index in [0.717, 1.165) is 17.4 Å². The largest absolute Gasteiger partial charge is 0.497 e. The molecule has 0 saturated carbocycles. The van der Waals surface area contributed by atoms with Gasteiger partial charge in [-0.05, 0) is 42.0 Å². The molecule has 0 aromatic heterocycles. The number of aldehydes is 1. The van der Waals surface area contributed by atoms with Crippen LogP contribution >= 0.6 is 11.6 Å². The molecule has 0 heterocycles. The number of rotatable bonds is 4. The highest BCUT2D eigenvalue weighted by atomic mass is 35.5. The molecule has 0 aliphatic carbocycles. The van der Waals surface area contributed by atoms with Gasteiger partial charge in [0.05, 0.1) is 14.2 Å². The van der Waals surface area contributed by atoms with Crippen molar-refractivity contribution in [2.24, 2.45) is 0 Å². The van der Waals surface area contributed by atoms with Gasteiger partial charge in [0.1, 0.15) is 11.5 Å². The molecule has 4 heteroatoms. The van der Waals surface area contributed by atoms with Crippen molar-refractivity contribution in [1.82, 2.24) is 0 Å². The van der Waals surface area contributed by atoms with E-state index in [1.807, 2.05) is 6.07 Å². The molecule has 19 heavy (non-hydrogen) atoms. The van der Waals surface area contributed by atoms with Crippen LogP contribution in [0.1, 0.15) is 10.4 Å². The van der Waals surface area contributed by atoms with Crippen LogP contribution in [0, 0.1) is 0 Å². The zero-order valence-electron chi connectivity index (χ0n) is 10.6. The van der Waals surface area contributed by atoms with Crippen LogP contribution in [-0.4, -0.2) is 20.5 Å². The van der Waals surface area contributed by atoms with Crippen molar-refractivity contribution in [3.8, 4) is 22.6 Å². The van der Waals surface area contributed by atoms with Gasteiger partial charge < -0.3 is 9.47 Å². The number of methoxy groups -OCH3 is 2. The first-order valence-electron chi connectivity index (χ1n) is 5.66. The Labute approximate surface area is 116 Å². The summed E-state index contributed by atoms with van der Waals surface area (Å²) < 4.78 is 10.4. The number of carbonyl (C=O) groups excluding carboxylic acids is 1. The molecule has 0 unspecified atom stereocenters. The van der Waals surface area contributed by atoms with Crippen molar-refractivity contribution in [1.29, 1.82) is 0 Å². The second-order valence-electron chi connectivity index (χ2n) is 3.92. The summed E-state index contributed by atoms with van der Waals surface area (Å²) >= 11 is 6.01. The molecule has 0 radical (unpaired) electrons. The third-order valence-electron chi connectivity index (χ3n) is 2.84. The summed E-state index contributed by atoms with van der Waals surface area (Å²) in [5, 5.41) is 0.587. The van der Waals surface area contributed by atoms with Gasteiger partial charge in [-0.1, -0.05) is 11.6 Å². The highest BCUT2D eigenvalue weighted by Crippen LogP contribution is 2.35. The molecule has 0 fully saturated rings. The molecule has 0 amide bonds. The number of halogens is 1. The Balaban J connectivity index is 2.64. The minimum absolute atomic E-state index is 0.528. The topological polar surface area (TPSA) is 35.5 Å². The summed E-state index contributed by atoms with van der Waals surface area (Å²) in [4.78, 5) is 11.2. The van der Waals surface area contributed by atoms with Crippen LogP contribution in [0.15, 0.2) is 36.4 Å². The zero-order valence-corrected chi connectivity index (χ0v) is 11.4. The van der Waals surface area contributed by atoms with Crippen molar-refractivity contribution in [2.75, 3.05) is 14.2 Å². The van der Waals surface area contributed by atoms with E-state index in [1.54, 1.807) is 44.6 Å². The van der Waals surface area contributed by atoms with Crippen molar-refractivity contribution < 1.29 is 14.3 Å². The highest BCUT2D eigenvalue weighted by Gasteiger charge is 2.11. The number of ether oxygens (including phenoxy) is 2. The van der Waals surface area contributed by atoms with Crippen molar-refractivity contribution in [3.05, 3.63) is 47.0 Å². The summed E-state index contributed by atoms with van der Waals surface area (Å²) in [6, 6.07) is 10.6. The Morgan fingerprint density at radius 1 is 1.00 bits per heavy atom. The Kier molecular flexibility index (Phi) is 4.07. The van der Waals surface area contributed by atoms with Crippen LogP contribution in [-0.2, 0) is 0 Å². The molecule has 0 saturated heterocycles. The molecule has 3 nitrogen and oxygen atoms in total. The van der Waals surface area contributed by atoms with Gasteiger partial charge in [0.2, 0.25) is 0 Å². The van der Waals surface area contributed by atoms with Crippen molar-refractivity contribution in [3.63, 3.8) is 0 Å². The Bertz CT molecular complexity index is 608. The standard InChI is InChI=1S/C15H13ClO3/c1-18-12-4-5-13(10(7-12)9-17)14-8-11(16)3-6-15(14)19-2/h3-9H,1-2H3. The first-order chi connectivity index (χ1) is 9.19. The lowest BCUT2D eigenvalue weighted by Gasteiger charge is -2.12. The molecule has 0 aliphatic rings. The Morgan fingerprint density at radius 3 is 2.42 bits per heavy atom. The maximum atomic E-state index is 11.2. The monoisotopic (exact) mass is 276 g/mol. The smallest absolute Gasteiger partial charge is 0.150 e. The molecule has 2 aromatic carbocycles. The van der Waals surface area contributed by atoms with Gasteiger partial charge in [-0.2, -0.15) is 0 Å². The van der Waals surface area contributed by atoms with Gasteiger partial charge in [-0.25, -0.2) is 0 Å². The normalized spacial score (nSPS) is 10.1. The third-order valence-corrected chi connectivity index (χ3v) is 3.07. The molecule has 98 valence electrons. The lowest BCUT2D eigenvalue weighted by Crippen LogP contribution is -1.93. The summed E-state index contributed by atoms with van der Waals surface area (Å²) in [6.45, 7) is 0. The van der Waals surface area contributed by atoms with Crippen molar-refractivity contribution in [2.45, 2.75) is 0 Å². The van der Waals surface area contributed by atoms with Crippen LogP contribution in [0.4, 0.5) is 0 Å². The molecule has 0 N–H and O–H groups in total. The van der Waals surface area contributed by atoms with Crippen LogP contribution in [0.2, 0.25) is 5.02 Å². The van der Waals surface area contributed by atoms with E-state index in [1.165, 1.54) is 0 Å². The molecular weight excluding hydrogens is 264 g/mol. The van der Waals surface area contributed by atoms with Crippen LogP contribution in [0.3, 0.4) is 0 Å². The molecular formula is C15H13ClO3. The maximum Gasteiger partial charge on any atom is 0.150 e. The summed E-state index contributed by atoms with van der Waals surface area (Å²) in [5.74, 6) is 1.30. The van der Waals surface area contributed by atoms with Crippen molar-refractivity contribution >= 4 is 17.9 Å². The predicted octanol–water partition coefficient (Wildman–Crippen LogP) is 3.84. The van der Waals surface area contributed by atoms with Gasteiger partial charge in [0, 0.05) is 16.1 Å². The number of hydrogen-bond acceptors (Lipinski definition) is 3. The van der Waals surface area contributed by atoms with Gasteiger partial charge in [-0.3, -0.25) is 4.79 Å². The van der Waals surface area contributed by atoms with E-state index >= 15 is 0 Å². The molecule has 0 spiro atoms. The van der Waals surface area contributed by atoms with Crippen LogP contribution < -0.4 is 9.47 Å². The minimum atomic E-state index is 0.528. The summed E-state index contributed by atoms with van der Waals surface area (Å²) in [5.41, 5.74) is 2.06. The molecule has 0 aliphatic heterocycles. The fourth-order valence-electron chi connectivity index (χ4n) is 1.90. The van der Waals surface area contributed by atoms with Crippen LogP contribution in [0.5, 0.6) is 11.5 Å². The van der Waals surface area contributed by atoms with Gasteiger partial charge in [0.25, 0.3) is 0 Å². The second kappa shape index (κ2) is 5.76. The first-order valence-corrected chi connectivity index (χ1v) is 6.04. The van der Waals surface area contributed by atoms with E-state index in [-0.39, 0.29) is 0 Å². The SMILES string of the molecule is COc1ccc(-c2cc(Cl)ccc2OC)c(C=O)c1. The maximum absolute atomic E-state index is 11.2. The highest BCUT2D eigenvalue weighted by molar-refractivity contribution is 6.31. The quantitative estimate of drug-likeness (QED) is 0.796. The molecule has 2 rings (SSSR count). The van der Waals surface area contributed by atoms with Crippen LogP contribution in [0.25, 0.3) is 11.1 Å². The number of carbonyl (C=O) groups is 1. The summed E-state index contributed by atoms with van der Waals surface area (Å²) in [7, 11) is 3.14. The fourth-order valence-corrected chi connectivity index (χ4v) is 2.07. The third kappa shape index (κ3) is 2.71. The fraction of sp³-hybridized carbons (Fsp3) is 0.133. The van der Waals surface area contributed by atoms with Gasteiger partial charge in [-0.15, -0.1) is 0 Å². The lowest BCUT2D eigenvalue weighted by molar-refractivity contribution is 0.112. The van der Waals surface area contributed by atoms with E-state index < -0.39 is 0 Å². The lowest BCUT2D eigenvalue weighted by atomic mass is 9.99. The second-order valence-corrected chi connectivity index (χ2v) is 4.35.